The molecule has 0 spiro atoms. The molecule has 0 saturated carbocycles. The van der Waals surface area contributed by atoms with Crippen LogP contribution in [-0.4, -0.2) is 32.6 Å². The Hall–Kier alpha value is -0.660. The summed E-state index contributed by atoms with van der Waals surface area (Å²) in [5.74, 6) is -0.646. The van der Waals surface area contributed by atoms with Gasteiger partial charge in [-0.2, -0.15) is 17.9 Å². The second-order valence-corrected chi connectivity index (χ2v) is 6.49. The highest BCUT2D eigenvalue weighted by Gasteiger charge is 2.34. The van der Waals surface area contributed by atoms with Crippen LogP contribution in [0.25, 0.3) is 0 Å². The average Bonchev–Trinajstić information content (AvgIpc) is 1.95. The molecule has 0 amide bonds. The van der Waals surface area contributed by atoms with E-state index in [-0.39, 0.29) is 0 Å². The van der Waals surface area contributed by atoms with E-state index in [0.29, 0.717) is 0 Å². The number of methoxy groups -OCH3 is 1. The maximum Gasteiger partial charge on any atom is 0.326 e. The lowest BCUT2D eigenvalue weighted by molar-refractivity contribution is -0.146. The van der Waals surface area contributed by atoms with Crippen molar-refractivity contribution in [1.82, 2.24) is 9.44 Å². The van der Waals surface area contributed by atoms with E-state index < -0.39 is 27.3 Å². The molecule has 16 heavy (non-hydrogen) atoms. The van der Waals surface area contributed by atoms with E-state index in [1.54, 1.807) is 20.8 Å². The van der Waals surface area contributed by atoms with Crippen molar-refractivity contribution in [3.63, 3.8) is 0 Å². The largest absolute Gasteiger partial charge is 0.468 e. The van der Waals surface area contributed by atoms with Crippen molar-refractivity contribution in [3.05, 3.63) is 0 Å². The number of esters is 1. The molecule has 0 unspecified atom stereocenters. The van der Waals surface area contributed by atoms with Gasteiger partial charge in [0.05, 0.1) is 7.11 Å². The van der Waals surface area contributed by atoms with Gasteiger partial charge in [-0.05, 0) is 34.6 Å². The van der Waals surface area contributed by atoms with Crippen LogP contribution in [-0.2, 0) is 19.7 Å². The highest BCUT2D eigenvalue weighted by Crippen LogP contribution is 2.08. The molecule has 0 fully saturated rings. The number of hydrogen-bond acceptors (Lipinski definition) is 4. The summed E-state index contributed by atoms with van der Waals surface area (Å²) in [5.41, 5.74) is -1.91. The maximum absolute atomic E-state index is 11.7. The Kier molecular flexibility index (Phi) is 4.49. The highest BCUT2D eigenvalue weighted by molar-refractivity contribution is 7.87. The number of hydrogen-bond donors (Lipinski definition) is 2. The maximum atomic E-state index is 11.7. The van der Waals surface area contributed by atoms with Crippen molar-refractivity contribution in [2.75, 3.05) is 7.11 Å². The van der Waals surface area contributed by atoms with Crippen LogP contribution in [0.3, 0.4) is 0 Å². The van der Waals surface area contributed by atoms with E-state index in [9.17, 15) is 13.2 Å². The fraction of sp³-hybridized carbons (Fsp3) is 0.889. The van der Waals surface area contributed by atoms with Gasteiger partial charge >= 0.3 is 5.97 Å². The molecule has 0 bridgehead atoms. The Balaban J connectivity index is 4.79. The van der Waals surface area contributed by atoms with E-state index in [4.69, 9.17) is 0 Å². The topological polar surface area (TPSA) is 84.5 Å². The Labute approximate surface area is 96.9 Å². The Morgan fingerprint density at radius 2 is 1.50 bits per heavy atom. The summed E-state index contributed by atoms with van der Waals surface area (Å²) in [6.07, 6.45) is 0. The summed E-state index contributed by atoms with van der Waals surface area (Å²) >= 11 is 0. The third kappa shape index (κ3) is 5.43. The molecule has 0 radical (unpaired) electrons. The number of carbonyl (C=O) groups is 1. The number of nitrogens with one attached hydrogen (secondary N) is 2. The fourth-order valence-corrected chi connectivity index (χ4v) is 2.67. The normalized spacial score (nSPS) is 13.6. The Morgan fingerprint density at radius 3 is 1.81 bits per heavy atom. The summed E-state index contributed by atoms with van der Waals surface area (Å²) in [4.78, 5) is 11.3. The first-order valence-corrected chi connectivity index (χ1v) is 6.29. The van der Waals surface area contributed by atoms with Crippen molar-refractivity contribution >= 4 is 16.2 Å². The van der Waals surface area contributed by atoms with Crippen molar-refractivity contribution in [3.8, 4) is 0 Å². The van der Waals surface area contributed by atoms with Gasteiger partial charge in [0.25, 0.3) is 10.2 Å². The lowest BCUT2D eigenvalue weighted by Gasteiger charge is -2.26. The minimum absolute atomic E-state index is 0.613. The standard InChI is InChI=1S/C9H20N2O4S/c1-8(2,3)10-16(13,14)11-9(4,5)7(12)15-6/h10-11H,1-6H3. The lowest BCUT2D eigenvalue weighted by atomic mass is 10.1. The van der Waals surface area contributed by atoms with Crippen molar-refractivity contribution in [2.45, 2.75) is 45.7 Å². The summed E-state index contributed by atoms with van der Waals surface area (Å²) in [5, 5.41) is 0. The molecule has 0 aliphatic carbocycles. The molecule has 2 N–H and O–H groups in total. The van der Waals surface area contributed by atoms with E-state index in [2.05, 4.69) is 14.2 Å². The third-order valence-electron chi connectivity index (χ3n) is 1.53. The molecule has 0 aromatic heterocycles. The second-order valence-electron chi connectivity index (χ2n) is 5.07. The van der Waals surface area contributed by atoms with Crippen LogP contribution in [0.5, 0.6) is 0 Å². The van der Waals surface area contributed by atoms with E-state index in [1.165, 1.54) is 21.0 Å². The van der Waals surface area contributed by atoms with Crippen molar-refractivity contribution in [2.24, 2.45) is 0 Å². The monoisotopic (exact) mass is 252 g/mol. The number of rotatable bonds is 4. The molecule has 0 atom stereocenters. The molecule has 0 aromatic rings. The fourth-order valence-electron chi connectivity index (χ4n) is 1.06. The molecular formula is C9H20N2O4S. The van der Waals surface area contributed by atoms with Gasteiger partial charge in [0.15, 0.2) is 0 Å². The first-order chi connectivity index (χ1) is 6.90. The molecule has 0 aliphatic rings. The third-order valence-corrected chi connectivity index (χ3v) is 3.19. The summed E-state index contributed by atoms with van der Waals surface area (Å²) in [7, 11) is -2.55. The molecule has 6 nitrogen and oxygen atoms in total. The summed E-state index contributed by atoms with van der Waals surface area (Å²) < 4.78 is 32.4. The average molecular weight is 252 g/mol. The van der Waals surface area contributed by atoms with Crippen molar-refractivity contribution in [1.29, 1.82) is 0 Å². The van der Waals surface area contributed by atoms with E-state index >= 15 is 0 Å². The number of ether oxygens (including phenoxy) is 1. The van der Waals surface area contributed by atoms with Gasteiger partial charge in [0, 0.05) is 5.54 Å². The molecule has 0 rings (SSSR count). The lowest BCUT2D eigenvalue weighted by Crippen LogP contribution is -2.56. The van der Waals surface area contributed by atoms with Gasteiger partial charge in [0.2, 0.25) is 0 Å². The van der Waals surface area contributed by atoms with Gasteiger partial charge in [-0.1, -0.05) is 0 Å². The van der Waals surface area contributed by atoms with Gasteiger partial charge in [0.1, 0.15) is 5.54 Å². The van der Waals surface area contributed by atoms with E-state index in [0.717, 1.165) is 0 Å². The Bertz CT molecular complexity index is 354. The van der Waals surface area contributed by atoms with Crippen LogP contribution in [0.1, 0.15) is 34.6 Å². The van der Waals surface area contributed by atoms with Crippen LogP contribution in [0, 0.1) is 0 Å². The predicted molar refractivity (Wildman–Crippen MR) is 61.0 cm³/mol. The van der Waals surface area contributed by atoms with Gasteiger partial charge in [-0.3, -0.25) is 4.79 Å². The van der Waals surface area contributed by atoms with Crippen LogP contribution in [0.2, 0.25) is 0 Å². The number of carbonyl (C=O) groups excluding carboxylic acids is 1. The molecular weight excluding hydrogens is 232 g/mol. The zero-order valence-electron chi connectivity index (χ0n) is 10.5. The van der Waals surface area contributed by atoms with Crippen LogP contribution in [0.15, 0.2) is 0 Å². The summed E-state index contributed by atoms with van der Waals surface area (Å²) in [6, 6.07) is 0. The molecule has 96 valence electrons. The van der Waals surface area contributed by atoms with Gasteiger partial charge < -0.3 is 4.74 Å². The molecule has 0 heterocycles. The first-order valence-electron chi connectivity index (χ1n) is 4.81. The summed E-state index contributed by atoms with van der Waals surface area (Å²) in [6.45, 7) is 7.98. The van der Waals surface area contributed by atoms with Gasteiger partial charge in [-0.25, -0.2) is 0 Å². The van der Waals surface area contributed by atoms with Crippen molar-refractivity contribution < 1.29 is 17.9 Å². The zero-order chi connectivity index (χ0) is 13.2. The molecule has 0 aromatic carbocycles. The highest BCUT2D eigenvalue weighted by atomic mass is 32.2. The molecule has 0 aliphatic heterocycles. The minimum atomic E-state index is -3.75. The van der Waals surface area contributed by atoms with E-state index in [1.807, 2.05) is 0 Å². The zero-order valence-corrected chi connectivity index (χ0v) is 11.4. The molecule has 7 heteroatoms. The smallest absolute Gasteiger partial charge is 0.326 e. The minimum Gasteiger partial charge on any atom is -0.468 e. The van der Waals surface area contributed by atoms with Crippen LogP contribution < -0.4 is 9.44 Å². The molecule has 0 saturated heterocycles. The quantitative estimate of drug-likeness (QED) is 0.698. The van der Waals surface area contributed by atoms with Crippen LogP contribution >= 0.6 is 0 Å². The first kappa shape index (κ1) is 15.3. The van der Waals surface area contributed by atoms with Gasteiger partial charge in [-0.15, -0.1) is 0 Å². The van der Waals surface area contributed by atoms with Crippen LogP contribution in [0.4, 0.5) is 0 Å². The SMILES string of the molecule is COC(=O)C(C)(C)NS(=O)(=O)NC(C)(C)C. The predicted octanol–water partition coefficient (Wildman–Crippen LogP) is 0.161. The Morgan fingerprint density at radius 1 is 1.06 bits per heavy atom. The second kappa shape index (κ2) is 4.68.